The lowest BCUT2D eigenvalue weighted by molar-refractivity contribution is -0.129. The number of carbonyl (C=O) groups excluding carboxylic acids is 1. The number of rotatable bonds is 5. The molecule has 0 unspecified atom stereocenters. The molecule has 4 rings (SSSR count). The molecule has 9 heteroatoms. The van der Waals surface area contributed by atoms with E-state index in [0.29, 0.717) is 35.2 Å². The quantitative estimate of drug-likeness (QED) is 0.675. The predicted molar refractivity (Wildman–Crippen MR) is 107 cm³/mol. The molecule has 0 aliphatic carbocycles. The Balaban J connectivity index is 1.48. The monoisotopic (exact) mass is 429 g/mol. The number of sulfonamides is 1. The van der Waals surface area contributed by atoms with Gasteiger partial charge in [-0.15, -0.1) is 11.3 Å². The van der Waals surface area contributed by atoms with Crippen molar-refractivity contribution in [2.75, 3.05) is 6.54 Å². The molecule has 6 nitrogen and oxygen atoms in total. The number of thiophene rings is 1. The highest BCUT2D eigenvalue weighted by Crippen LogP contribution is 2.30. The number of nitriles is 1. The van der Waals surface area contributed by atoms with Crippen LogP contribution in [0.25, 0.3) is 10.1 Å². The first-order chi connectivity index (χ1) is 13.9. The van der Waals surface area contributed by atoms with Crippen LogP contribution in [-0.4, -0.2) is 31.8 Å². The van der Waals surface area contributed by atoms with Crippen molar-refractivity contribution in [2.45, 2.75) is 23.2 Å². The zero-order valence-corrected chi connectivity index (χ0v) is 16.8. The summed E-state index contributed by atoms with van der Waals surface area (Å²) in [6.07, 6.45) is 0.357. The predicted octanol–water partition coefficient (Wildman–Crippen LogP) is 2.99. The number of hydrogen-bond donors (Lipinski definition) is 1. The molecule has 0 radical (unpaired) electrons. The van der Waals surface area contributed by atoms with E-state index in [1.165, 1.54) is 24.3 Å². The van der Waals surface area contributed by atoms with Crippen molar-refractivity contribution < 1.29 is 17.6 Å². The van der Waals surface area contributed by atoms with Crippen LogP contribution in [0.2, 0.25) is 0 Å². The van der Waals surface area contributed by atoms with Crippen LogP contribution in [-0.2, 0) is 21.4 Å². The van der Waals surface area contributed by atoms with Crippen LogP contribution in [0.1, 0.15) is 17.5 Å². The maximum absolute atomic E-state index is 13.4. The molecule has 2 heterocycles. The number of nitrogens with one attached hydrogen (secondary N) is 1. The highest BCUT2D eigenvalue weighted by atomic mass is 32.2. The van der Waals surface area contributed by atoms with E-state index in [-0.39, 0.29) is 10.1 Å². The fourth-order valence-electron chi connectivity index (χ4n) is 3.32. The third-order valence-electron chi connectivity index (χ3n) is 4.75. The fourth-order valence-corrected chi connectivity index (χ4v) is 5.99. The number of nitrogens with zero attached hydrogens (tertiary/aromatic N) is 2. The summed E-state index contributed by atoms with van der Waals surface area (Å²) in [6, 6.07) is 13.7. The van der Waals surface area contributed by atoms with Gasteiger partial charge in [0.25, 0.3) is 10.0 Å². The van der Waals surface area contributed by atoms with E-state index in [4.69, 9.17) is 5.26 Å². The number of likely N-dealkylation sites (tertiary alicyclic amines) is 1. The summed E-state index contributed by atoms with van der Waals surface area (Å²) in [5.41, 5.74) is 1.32. The number of benzene rings is 2. The molecule has 0 saturated carbocycles. The van der Waals surface area contributed by atoms with E-state index in [0.717, 1.165) is 16.9 Å². The molecular weight excluding hydrogens is 413 g/mol. The third-order valence-corrected chi connectivity index (χ3v) is 7.79. The van der Waals surface area contributed by atoms with Crippen molar-refractivity contribution in [2.24, 2.45) is 0 Å². The normalized spacial score (nSPS) is 17.0. The summed E-state index contributed by atoms with van der Waals surface area (Å²) in [4.78, 5) is 14.3. The summed E-state index contributed by atoms with van der Waals surface area (Å²) < 4.78 is 41.9. The van der Waals surface area contributed by atoms with Crippen LogP contribution < -0.4 is 4.72 Å². The topological polar surface area (TPSA) is 90.3 Å². The van der Waals surface area contributed by atoms with Gasteiger partial charge < -0.3 is 4.90 Å². The van der Waals surface area contributed by atoms with E-state index in [1.807, 2.05) is 6.07 Å². The van der Waals surface area contributed by atoms with Gasteiger partial charge in [0.15, 0.2) is 0 Å². The second-order valence-electron chi connectivity index (χ2n) is 6.78. The first-order valence-electron chi connectivity index (χ1n) is 8.85. The molecule has 2 aromatic carbocycles. The Hall–Kier alpha value is -2.80. The Morgan fingerprint density at radius 3 is 2.86 bits per heavy atom. The van der Waals surface area contributed by atoms with Gasteiger partial charge in [0.1, 0.15) is 16.1 Å². The number of amides is 1. The Labute approximate surface area is 171 Å². The SMILES string of the molecule is N#Cc1cccc(CN2CC[C@H](NS(=O)(=O)c3cc4ccc(F)cc4s3)C2=O)c1. The lowest BCUT2D eigenvalue weighted by Crippen LogP contribution is -2.41. The standard InChI is InChI=1S/C20H16FN3O3S2/c21-16-5-4-15-9-19(28-18(15)10-16)29(26,27)23-17-6-7-24(20(17)25)12-14-3-1-2-13(8-14)11-22/h1-5,8-10,17,23H,6-7,12H2/t17-/m0/s1. The average Bonchev–Trinajstić information content (AvgIpc) is 3.27. The molecule has 1 fully saturated rings. The molecule has 29 heavy (non-hydrogen) atoms. The van der Waals surface area contributed by atoms with Gasteiger partial charge in [0, 0.05) is 17.8 Å². The number of carbonyl (C=O) groups is 1. The summed E-state index contributed by atoms with van der Waals surface area (Å²) in [5.74, 6) is -0.735. The Morgan fingerprint density at radius 1 is 1.24 bits per heavy atom. The van der Waals surface area contributed by atoms with Crippen molar-refractivity contribution in [3.05, 3.63) is 65.5 Å². The lowest BCUT2D eigenvalue weighted by atomic mass is 10.1. The van der Waals surface area contributed by atoms with Crippen molar-refractivity contribution in [3.8, 4) is 6.07 Å². The maximum Gasteiger partial charge on any atom is 0.250 e. The summed E-state index contributed by atoms with van der Waals surface area (Å²) >= 11 is 0.965. The zero-order valence-electron chi connectivity index (χ0n) is 15.1. The first-order valence-corrected chi connectivity index (χ1v) is 11.1. The highest BCUT2D eigenvalue weighted by Gasteiger charge is 2.35. The van der Waals surface area contributed by atoms with Crippen LogP contribution in [0, 0.1) is 17.1 Å². The van der Waals surface area contributed by atoms with Crippen molar-refractivity contribution in [3.63, 3.8) is 0 Å². The van der Waals surface area contributed by atoms with E-state index in [9.17, 15) is 17.6 Å². The molecule has 1 atom stereocenters. The smallest absolute Gasteiger partial charge is 0.250 e. The molecule has 1 saturated heterocycles. The molecular formula is C20H16FN3O3S2. The number of hydrogen-bond acceptors (Lipinski definition) is 5. The molecule has 0 spiro atoms. The number of halogens is 1. The average molecular weight is 429 g/mol. The summed E-state index contributed by atoms with van der Waals surface area (Å²) in [7, 11) is -3.90. The van der Waals surface area contributed by atoms with Gasteiger partial charge in [0.05, 0.1) is 11.6 Å². The minimum absolute atomic E-state index is 0.0473. The minimum atomic E-state index is -3.90. The van der Waals surface area contributed by atoms with Gasteiger partial charge >= 0.3 is 0 Å². The van der Waals surface area contributed by atoms with E-state index < -0.39 is 21.9 Å². The van der Waals surface area contributed by atoms with Crippen LogP contribution in [0.5, 0.6) is 0 Å². The Bertz CT molecular complexity index is 1250. The largest absolute Gasteiger partial charge is 0.337 e. The molecule has 1 amide bonds. The molecule has 1 aliphatic heterocycles. The van der Waals surface area contributed by atoms with Gasteiger partial charge in [-0.1, -0.05) is 18.2 Å². The fraction of sp³-hybridized carbons (Fsp3) is 0.200. The third kappa shape index (κ3) is 4.00. The van der Waals surface area contributed by atoms with E-state index in [2.05, 4.69) is 10.8 Å². The summed E-state index contributed by atoms with van der Waals surface area (Å²) in [5, 5.41) is 9.63. The van der Waals surface area contributed by atoms with Crippen molar-refractivity contribution >= 4 is 37.4 Å². The van der Waals surface area contributed by atoms with E-state index in [1.54, 1.807) is 23.1 Å². The number of fused-ring (bicyclic) bond motifs is 1. The van der Waals surface area contributed by atoms with Gasteiger partial charge in [-0.25, -0.2) is 12.8 Å². The lowest BCUT2D eigenvalue weighted by Gasteiger charge is -2.17. The van der Waals surface area contributed by atoms with E-state index >= 15 is 0 Å². The van der Waals surface area contributed by atoms with Crippen LogP contribution in [0.4, 0.5) is 4.39 Å². The maximum atomic E-state index is 13.4. The molecule has 148 valence electrons. The highest BCUT2D eigenvalue weighted by molar-refractivity contribution is 7.91. The Kier molecular flexibility index (Phi) is 5.08. The first kappa shape index (κ1) is 19.5. The van der Waals surface area contributed by atoms with Crippen LogP contribution in [0.3, 0.4) is 0 Å². The molecule has 1 aromatic heterocycles. The van der Waals surface area contributed by atoms with Gasteiger partial charge in [-0.3, -0.25) is 4.79 Å². The Morgan fingerprint density at radius 2 is 2.07 bits per heavy atom. The van der Waals surface area contributed by atoms with Gasteiger partial charge in [-0.2, -0.15) is 9.98 Å². The van der Waals surface area contributed by atoms with Gasteiger partial charge in [0.2, 0.25) is 5.91 Å². The minimum Gasteiger partial charge on any atom is -0.337 e. The molecule has 1 N–H and O–H groups in total. The summed E-state index contributed by atoms with van der Waals surface area (Å²) in [6.45, 7) is 0.731. The second kappa shape index (κ2) is 7.55. The molecule has 0 bridgehead atoms. The molecule has 3 aromatic rings. The van der Waals surface area contributed by atoms with Crippen molar-refractivity contribution in [1.29, 1.82) is 5.26 Å². The van der Waals surface area contributed by atoms with Crippen molar-refractivity contribution in [1.82, 2.24) is 9.62 Å². The second-order valence-corrected chi connectivity index (χ2v) is 9.81. The molecule has 1 aliphatic rings. The zero-order chi connectivity index (χ0) is 20.6. The van der Waals surface area contributed by atoms with Gasteiger partial charge in [-0.05, 0) is 47.7 Å². The van der Waals surface area contributed by atoms with Crippen LogP contribution in [0.15, 0.2) is 52.7 Å². The van der Waals surface area contributed by atoms with Crippen LogP contribution >= 0.6 is 11.3 Å².